The molecule has 0 fully saturated rings. The van der Waals surface area contributed by atoms with Crippen molar-refractivity contribution in [3.8, 4) is 5.75 Å². The molecule has 0 bridgehead atoms. The van der Waals surface area contributed by atoms with Gasteiger partial charge in [0.05, 0.1) is 35.4 Å². The Balaban J connectivity index is 1.44. The highest BCUT2D eigenvalue weighted by molar-refractivity contribution is 6.53. The summed E-state index contributed by atoms with van der Waals surface area (Å²) in [5, 5.41) is 15.8. The highest BCUT2D eigenvalue weighted by atomic mass is 35.5. The number of imide groups is 1. The number of carbonyl (C=O) groups is 3. The minimum absolute atomic E-state index is 0.115. The maximum Gasteiger partial charge on any atom is 0.416 e. The van der Waals surface area contributed by atoms with Crippen molar-refractivity contribution in [2.24, 2.45) is 0 Å². The standard InChI is InChI=1S/C26H18ClF3N4O6/c1-40-20-10-9-18(34(38)39)13-19(20)32-21(35)11-14-5-7-16(8-6-14)31-23-22(27)24(36)33(25(23)37)17-4-2-3-15(12-17)26(28,29)30/h2-10,12-13,31H,11H2,1H3,(H,32,35). The van der Waals surface area contributed by atoms with E-state index in [0.29, 0.717) is 22.2 Å². The van der Waals surface area contributed by atoms with Gasteiger partial charge >= 0.3 is 6.18 Å². The van der Waals surface area contributed by atoms with E-state index < -0.39 is 39.4 Å². The average Bonchev–Trinajstić information content (AvgIpc) is 3.12. The molecule has 40 heavy (non-hydrogen) atoms. The fraction of sp³-hybridized carbons (Fsp3) is 0.115. The number of methoxy groups -OCH3 is 1. The smallest absolute Gasteiger partial charge is 0.416 e. The first-order valence-corrected chi connectivity index (χ1v) is 11.7. The van der Waals surface area contributed by atoms with Gasteiger partial charge < -0.3 is 15.4 Å². The molecule has 0 aliphatic carbocycles. The van der Waals surface area contributed by atoms with Crippen LogP contribution in [0.1, 0.15) is 11.1 Å². The fourth-order valence-electron chi connectivity index (χ4n) is 3.80. The molecule has 206 valence electrons. The molecular weight excluding hydrogens is 557 g/mol. The van der Waals surface area contributed by atoms with E-state index in [-0.39, 0.29) is 34.9 Å². The number of amides is 3. The topological polar surface area (TPSA) is 131 Å². The minimum atomic E-state index is -4.68. The molecule has 1 aliphatic rings. The van der Waals surface area contributed by atoms with Gasteiger partial charge in [0.2, 0.25) is 5.91 Å². The third kappa shape index (κ3) is 5.89. The number of carbonyl (C=O) groups excluding carboxylic acids is 3. The Hall–Kier alpha value is -4.91. The summed E-state index contributed by atoms with van der Waals surface area (Å²) >= 11 is 6.06. The number of hydrogen-bond acceptors (Lipinski definition) is 7. The van der Waals surface area contributed by atoms with Crippen LogP contribution in [0.4, 0.5) is 35.9 Å². The summed E-state index contributed by atoms with van der Waals surface area (Å²) in [7, 11) is 1.35. The highest BCUT2D eigenvalue weighted by Crippen LogP contribution is 2.35. The number of benzene rings is 3. The summed E-state index contributed by atoms with van der Waals surface area (Å²) in [6, 6.07) is 13.6. The van der Waals surface area contributed by atoms with Crippen LogP contribution in [0.25, 0.3) is 0 Å². The van der Waals surface area contributed by atoms with Crippen LogP contribution in [0.3, 0.4) is 0 Å². The SMILES string of the molecule is COc1ccc([N+](=O)[O-])cc1NC(=O)Cc1ccc(NC2=C(Cl)C(=O)N(c3cccc(C(F)(F)F)c3)C2=O)cc1. The van der Waals surface area contributed by atoms with E-state index in [1.807, 2.05) is 0 Å². The molecule has 0 saturated heterocycles. The second-order valence-corrected chi connectivity index (χ2v) is 8.75. The lowest BCUT2D eigenvalue weighted by Gasteiger charge is -2.17. The summed E-state index contributed by atoms with van der Waals surface area (Å²) in [6.07, 6.45) is -4.79. The molecule has 0 radical (unpaired) electrons. The Labute approximate surface area is 229 Å². The minimum Gasteiger partial charge on any atom is -0.495 e. The second-order valence-electron chi connectivity index (χ2n) is 8.37. The molecule has 10 nitrogen and oxygen atoms in total. The molecule has 2 N–H and O–H groups in total. The van der Waals surface area contributed by atoms with Gasteiger partial charge in [-0.25, -0.2) is 4.90 Å². The second kappa shape index (κ2) is 11.1. The predicted molar refractivity (Wildman–Crippen MR) is 139 cm³/mol. The Bertz CT molecular complexity index is 1560. The van der Waals surface area contributed by atoms with Crippen LogP contribution in [0.5, 0.6) is 5.75 Å². The zero-order chi connectivity index (χ0) is 29.2. The monoisotopic (exact) mass is 574 g/mol. The molecule has 0 saturated carbocycles. The van der Waals surface area contributed by atoms with Crippen LogP contribution >= 0.6 is 11.6 Å². The Kier molecular flexibility index (Phi) is 7.77. The maximum absolute atomic E-state index is 13.1. The molecule has 0 aromatic heterocycles. The molecule has 3 amide bonds. The number of alkyl halides is 3. The van der Waals surface area contributed by atoms with Crippen LogP contribution < -0.4 is 20.3 Å². The third-order valence-electron chi connectivity index (χ3n) is 5.71. The van der Waals surface area contributed by atoms with E-state index in [0.717, 1.165) is 12.1 Å². The van der Waals surface area contributed by atoms with E-state index >= 15 is 0 Å². The van der Waals surface area contributed by atoms with E-state index in [4.69, 9.17) is 16.3 Å². The number of rotatable bonds is 8. The Morgan fingerprint density at radius 2 is 1.75 bits per heavy atom. The van der Waals surface area contributed by atoms with Crippen molar-refractivity contribution < 1.29 is 37.2 Å². The maximum atomic E-state index is 13.1. The first kappa shape index (κ1) is 28.1. The van der Waals surface area contributed by atoms with Gasteiger partial charge in [-0.3, -0.25) is 24.5 Å². The van der Waals surface area contributed by atoms with E-state index in [1.165, 1.54) is 43.5 Å². The van der Waals surface area contributed by atoms with Crippen molar-refractivity contribution in [3.63, 3.8) is 0 Å². The third-order valence-corrected chi connectivity index (χ3v) is 6.07. The van der Waals surface area contributed by atoms with Crippen molar-refractivity contribution in [1.29, 1.82) is 0 Å². The summed E-state index contributed by atoms with van der Waals surface area (Å²) in [6.45, 7) is 0. The number of nitro benzene ring substituents is 1. The molecule has 1 aliphatic heterocycles. The number of nitro groups is 1. The molecule has 0 atom stereocenters. The van der Waals surface area contributed by atoms with Gasteiger partial charge in [0, 0.05) is 17.8 Å². The summed E-state index contributed by atoms with van der Waals surface area (Å²) < 4.78 is 44.4. The van der Waals surface area contributed by atoms with E-state index in [1.54, 1.807) is 12.1 Å². The zero-order valence-electron chi connectivity index (χ0n) is 20.4. The zero-order valence-corrected chi connectivity index (χ0v) is 21.2. The normalized spacial score (nSPS) is 13.5. The van der Waals surface area contributed by atoms with Gasteiger partial charge in [-0.15, -0.1) is 0 Å². The molecule has 0 spiro atoms. The molecule has 14 heteroatoms. The van der Waals surface area contributed by atoms with Gasteiger partial charge in [-0.2, -0.15) is 13.2 Å². The Morgan fingerprint density at radius 1 is 1.05 bits per heavy atom. The van der Waals surface area contributed by atoms with Crippen molar-refractivity contribution >= 4 is 52.1 Å². The summed E-state index contributed by atoms with van der Waals surface area (Å²) in [5.41, 5.74) is -0.917. The van der Waals surface area contributed by atoms with Crippen LogP contribution in [0.2, 0.25) is 0 Å². The number of nitrogens with one attached hydrogen (secondary N) is 2. The van der Waals surface area contributed by atoms with Crippen molar-refractivity contribution in [1.82, 2.24) is 0 Å². The lowest BCUT2D eigenvalue weighted by molar-refractivity contribution is -0.384. The molecule has 3 aromatic carbocycles. The average molecular weight is 575 g/mol. The number of ether oxygens (including phenoxy) is 1. The van der Waals surface area contributed by atoms with Crippen molar-refractivity contribution in [2.45, 2.75) is 12.6 Å². The first-order chi connectivity index (χ1) is 18.9. The lowest BCUT2D eigenvalue weighted by Crippen LogP contribution is -2.32. The molecule has 1 heterocycles. The molecule has 4 rings (SSSR count). The number of hydrogen-bond donors (Lipinski definition) is 2. The highest BCUT2D eigenvalue weighted by Gasteiger charge is 2.40. The van der Waals surface area contributed by atoms with Crippen molar-refractivity contribution in [2.75, 3.05) is 22.6 Å². The quantitative estimate of drug-likeness (QED) is 0.214. The molecule has 3 aromatic rings. The summed E-state index contributed by atoms with van der Waals surface area (Å²) in [5.74, 6) is -2.18. The van der Waals surface area contributed by atoms with E-state index in [2.05, 4.69) is 10.6 Å². The van der Waals surface area contributed by atoms with Crippen LogP contribution in [0.15, 0.2) is 77.5 Å². The first-order valence-electron chi connectivity index (χ1n) is 11.3. The number of nitrogens with zero attached hydrogens (tertiary/aromatic N) is 2. The van der Waals surface area contributed by atoms with Crippen LogP contribution in [-0.4, -0.2) is 29.8 Å². The largest absolute Gasteiger partial charge is 0.495 e. The predicted octanol–water partition coefficient (Wildman–Crippen LogP) is 5.24. The van der Waals surface area contributed by atoms with Crippen LogP contribution in [0, 0.1) is 10.1 Å². The van der Waals surface area contributed by atoms with Gasteiger partial charge in [0.25, 0.3) is 17.5 Å². The van der Waals surface area contributed by atoms with Gasteiger partial charge in [-0.1, -0.05) is 29.8 Å². The fourth-order valence-corrected chi connectivity index (χ4v) is 4.02. The number of halogens is 4. The van der Waals surface area contributed by atoms with Gasteiger partial charge in [0.1, 0.15) is 16.5 Å². The lowest BCUT2D eigenvalue weighted by atomic mass is 10.1. The Morgan fingerprint density at radius 3 is 2.38 bits per heavy atom. The molecule has 0 unspecified atom stereocenters. The molecular formula is C26H18ClF3N4O6. The summed E-state index contributed by atoms with van der Waals surface area (Å²) in [4.78, 5) is 49.0. The number of non-ortho nitro benzene ring substituents is 1. The number of anilines is 3. The van der Waals surface area contributed by atoms with Gasteiger partial charge in [-0.05, 0) is 42.0 Å². The van der Waals surface area contributed by atoms with Gasteiger partial charge in [0.15, 0.2) is 0 Å². The van der Waals surface area contributed by atoms with E-state index in [9.17, 15) is 37.7 Å². The van der Waals surface area contributed by atoms with Crippen LogP contribution in [-0.2, 0) is 27.0 Å². The van der Waals surface area contributed by atoms with Crippen molar-refractivity contribution in [3.05, 3.63) is 98.7 Å².